The molecule has 0 radical (unpaired) electrons. The summed E-state index contributed by atoms with van der Waals surface area (Å²) in [6.07, 6.45) is 18.2. The minimum absolute atomic E-state index is 0.0513. The van der Waals surface area contributed by atoms with Gasteiger partial charge in [0.2, 0.25) is 5.91 Å². The van der Waals surface area contributed by atoms with Gasteiger partial charge in [-0.1, -0.05) is 154 Å². The Labute approximate surface area is 322 Å². The number of nitrogens with one attached hydrogen (secondary N) is 1. The van der Waals surface area contributed by atoms with Crippen molar-refractivity contribution in [2.45, 2.75) is 193 Å². The van der Waals surface area contributed by atoms with Gasteiger partial charge in [-0.05, 0) is 44.9 Å². The van der Waals surface area contributed by atoms with Gasteiger partial charge in [0.15, 0.2) is 0 Å². The molecule has 0 saturated carbocycles. The van der Waals surface area contributed by atoms with Crippen molar-refractivity contribution in [3.8, 4) is 0 Å². The van der Waals surface area contributed by atoms with Crippen LogP contribution in [0.1, 0.15) is 193 Å². The quantitative estimate of drug-likeness (QED) is 0.0284. The average Bonchev–Trinajstić information content (AvgIpc) is 3.12. The highest BCUT2D eigenvalue weighted by Crippen LogP contribution is 2.38. The number of nitrogens with zero attached hydrogens (tertiary/aromatic N) is 1. The fourth-order valence-electron chi connectivity index (χ4n) is 5.33. The van der Waals surface area contributed by atoms with Crippen LogP contribution in [0.5, 0.6) is 0 Å². The number of amides is 1. The molecular formula is C41H81N2O6P. The number of quaternary nitrogens is 1. The van der Waals surface area contributed by atoms with Crippen LogP contribution in [0.15, 0.2) is 24.3 Å². The van der Waals surface area contributed by atoms with Crippen LogP contribution in [-0.4, -0.2) is 68.5 Å². The van der Waals surface area contributed by atoms with E-state index in [-0.39, 0.29) is 31.8 Å². The van der Waals surface area contributed by atoms with Crippen LogP contribution in [0.25, 0.3) is 0 Å². The molecule has 1 amide bonds. The smallest absolute Gasteiger partial charge is 0.268 e. The molecule has 0 rings (SSSR count). The number of rotatable bonds is 37. The number of likely N-dealkylation sites (N-methyl/N-ethyl adjacent to an activating group) is 1. The minimum atomic E-state index is -4.65. The van der Waals surface area contributed by atoms with Gasteiger partial charge in [-0.15, -0.1) is 0 Å². The maximum atomic E-state index is 12.9. The van der Waals surface area contributed by atoms with Crippen LogP contribution >= 0.6 is 7.82 Å². The monoisotopic (exact) mass is 738 g/mol. The molecule has 0 aliphatic heterocycles. The van der Waals surface area contributed by atoms with E-state index in [2.05, 4.69) is 12.2 Å². The maximum absolute atomic E-state index is 12.9. The lowest BCUT2D eigenvalue weighted by atomic mass is 10.0. The standard InChI is InChI=1S/C41H81N2O6P/c1-6-8-10-12-14-16-18-20-21-23-25-27-29-31-33-35-41(45)42-39(38-49-50(46,47)48-37-36-43(3,4)5)40(44)34-32-30-28-26-24-22-19-17-15-13-11-9-7-2/h20-21,32,34,39-40,44H,6-19,22-31,33,35-38H2,1-5H3,(H-,42,45,46,47)/b21-20+,34-32+/t39-,40+/m0/s1/i1D3,6D2,8D2,10D2. The van der Waals surface area contributed by atoms with Crippen molar-refractivity contribution < 1.29 is 45.2 Å². The van der Waals surface area contributed by atoms with E-state index >= 15 is 0 Å². The Morgan fingerprint density at radius 1 is 0.800 bits per heavy atom. The van der Waals surface area contributed by atoms with E-state index in [0.29, 0.717) is 30.3 Å². The lowest BCUT2D eigenvalue weighted by Gasteiger charge is -2.29. The van der Waals surface area contributed by atoms with Gasteiger partial charge in [-0.2, -0.15) is 0 Å². The van der Waals surface area contributed by atoms with E-state index in [1.165, 1.54) is 57.8 Å². The van der Waals surface area contributed by atoms with E-state index in [1.807, 2.05) is 39.4 Å². The number of carbonyl (C=O) groups is 1. The summed E-state index contributed by atoms with van der Waals surface area (Å²) in [5, 5.41) is 13.7. The molecule has 1 unspecified atom stereocenters. The summed E-state index contributed by atoms with van der Waals surface area (Å²) >= 11 is 0. The van der Waals surface area contributed by atoms with E-state index in [9.17, 15) is 19.4 Å². The van der Waals surface area contributed by atoms with Crippen molar-refractivity contribution in [3.05, 3.63) is 24.3 Å². The molecule has 8 nitrogen and oxygen atoms in total. The summed E-state index contributed by atoms with van der Waals surface area (Å²) in [4.78, 5) is 25.3. The Balaban J connectivity index is 4.63. The highest BCUT2D eigenvalue weighted by atomic mass is 31.2. The summed E-state index contributed by atoms with van der Waals surface area (Å²) < 4.78 is 92.3. The predicted molar refractivity (Wildman–Crippen MR) is 210 cm³/mol. The molecule has 0 aromatic rings. The topological polar surface area (TPSA) is 108 Å². The zero-order valence-electron chi connectivity index (χ0n) is 41.2. The molecule has 0 bridgehead atoms. The fourth-order valence-corrected chi connectivity index (χ4v) is 6.06. The first-order valence-electron chi connectivity index (χ1n) is 24.1. The SMILES string of the molecule is [2H]C([2H])([2H])C([2H])([2H])C([2H])([2H])C([2H])([2H])CCCC/C=C/CCCCCCCC(=O)N[C@@H](COP(=O)([O-])OCC[N+](C)(C)C)[C@H](O)/C=C/CCCCCCCCCCCCC. The molecule has 3 atom stereocenters. The molecule has 0 aliphatic carbocycles. The number of phosphoric ester groups is 1. The van der Waals surface area contributed by atoms with Gasteiger partial charge in [-0.25, -0.2) is 0 Å². The summed E-state index contributed by atoms with van der Waals surface area (Å²) in [6, 6.07) is -0.968. The van der Waals surface area contributed by atoms with Crippen LogP contribution in [0.3, 0.4) is 0 Å². The molecule has 296 valence electrons. The second-order valence-electron chi connectivity index (χ2n) is 14.5. The fraction of sp³-hybridized carbons (Fsp3) is 0.878. The van der Waals surface area contributed by atoms with Gasteiger partial charge in [0, 0.05) is 18.8 Å². The Hall–Kier alpha value is -1.02. The van der Waals surface area contributed by atoms with Gasteiger partial charge < -0.3 is 28.8 Å². The second-order valence-corrected chi connectivity index (χ2v) is 15.9. The molecular weight excluding hydrogens is 647 g/mol. The van der Waals surface area contributed by atoms with E-state index in [0.717, 1.165) is 51.4 Å². The van der Waals surface area contributed by atoms with Crippen LogP contribution in [-0.2, 0) is 18.4 Å². The molecule has 0 heterocycles. The number of aliphatic hydroxyl groups excluding tert-OH is 1. The first kappa shape index (κ1) is 34.7. The van der Waals surface area contributed by atoms with Crippen LogP contribution in [0.2, 0.25) is 0 Å². The Kier molecular flexibility index (Phi) is 23.5. The normalized spacial score (nSPS) is 18.6. The van der Waals surface area contributed by atoms with Crippen molar-refractivity contribution in [2.24, 2.45) is 0 Å². The van der Waals surface area contributed by atoms with Crippen LogP contribution in [0.4, 0.5) is 0 Å². The van der Waals surface area contributed by atoms with E-state index < -0.39 is 52.5 Å². The first-order valence-corrected chi connectivity index (χ1v) is 21.1. The van der Waals surface area contributed by atoms with Gasteiger partial charge in [0.05, 0.1) is 39.9 Å². The average molecular weight is 738 g/mol. The molecule has 9 heteroatoms. The van der Waals surface area contributed by atoms with Crippen molar-refractivity contribution >= 4 is 13.7 Å². The molecule has 0 fully saturated rings. The molecule has 0 aromatic carbocycles. The Morgan fingerprint density at radius 3 is 1.88 bits per heavy atom. The number of phosphoric acid groups is 1. The summed E-state index contributed by atoms with van der Waals surface area (Å²) in [5.41, 5.74) is 0. The van der Waals surface area contributed by atoms with Crippen LogP contribution in [0, 0.1) is 0 Å². The molecule has 0 spiro atoms. The van der Waals surface area contributed by atoms with Gasteiger partial charge in [0.1, 0.15) is 13.2 Å². The van der Waals surface area contributed by atoms with Gasteiger partial charge >= 0.3 is 0 Å². The highest BCUT2D eigenvalue weighted by Gasteiger charge is 2.23. The zero-order valence-corrected chi connectivity index (χ0v) is 33.1. The summed E-state index contributed by atoms with van der Waals surface area (Å²) in [6.45, 7) is -1.11. The number of aliphatic hydroxyl groups is 1. The molecule has 2 N–H and O–H groups in total. The summed E-state index contributed by atoms with van der Waals surface area (Å²) in [7, 11) is 1.08. The number of allylic oxidation sites excluding steroid dienone is 3. The van der Waals surface area contributed by atoms with Crippen molar-refractivity contribution in [3.63, 3.8) is 0 Å². The third-order valence-corrected chi connectivity index (χ3v) is 9.47. The van der Waals surface area contributed by atoms with Crippen molar-refractivity contribution in [1.29, 1.82) is 0 Å². The first-order chi connectivity index (χ1) is 27.4. The van der Waals surface area contributed by atoms with Crippen molar-refractivity contribution in [2.75, 3.05) is 40.9 Å². The number of unbranched alkanes of at least 4 members (excludes halogenated alkanes) is 18. The van der Waals surface area contributed by atoms with E-state index in [4.69, 9.17) is 21.4 Å². The third kappa shape index (κ3) is 35.4. The summed E-state index contributed by atoms with van der Waals surface area (Å²) in [5.74, 6) is -0.300. The number of hydrogen-bond donors (Lipinski definition) is 2. The lowest BCUT2D eigenvalue weighted by molar-refractivity contribution is -0.870. The van der Waals surface area contributed by atoms with Crippen molar-refractivity contribution in [1.82, 2.24) is 5.32 Å². The highest BCUT2D eigenvalue weighted by molar-refractivity contribution is 7.45. The maximum Gasteiger partial charge on any atom is 0.268 e. The molecule has 0 aromatic heterocycles. The van der Waals surface area contributed by atoms with Gasteiger partial charge in [0.25, 0.3) is 7.82 Å². The third-order valence-electron chi connectivity index (χ3n) is 8.50. The van der Waals surface area contributed by atoms with E-state index in [1.54, 1.807) is 6.08 Å². The molecule has 0 aliphatic rings. The lowest BCUT2D eigenvalue weighted by Crippen LogP contribution is -2.45. The largest absolute Gasteiger partial charge is 0.756 e. The number of hydrogen-bond acceptors (Lipinski definition) is 6. The zero-order chi connectivity index (χ0) is 45.1. The Bertz CT molecular complexity index is 1220. The number of carbonyl (C=O) groups excluding carboxylic acids is 1. The van der Waals surface area contributed by atoms with Gasteiger partial charge in [-0.3, -0.25) is 9.36 Å². The van der Waals surface area contributed by atoms with Crippen LogP contribution < -0.4 is 10.2 Å². The molecule has 50 heavy (non-hydrogen) atoms. The minimum Gasteiger partial charge on any atom is -0.756 e. The Morgan fingerprint density at radius 2 is 1.32 bits per heavy atom. The molecule has 0 saturated heterocycles. The predicted octanol–water partition coefficient (Wildman–Crippen LogP) is 10.3. The second kappa shape index (κ2) is 33.8.